The van der Waals surface area contributed by atoms with E-state index in [1.54, 1.807) is 6.20 Å². The highest BCUT2D eigenvalue weighted by Gasteiger charge is 2.13. The van der Waals surface area contributed by atoms with Gasteiger partial charge in [-0.25, -0.2) is 4.98 Å². The van der Waals surface area contributed by atoms with E-state index in [0.29, 0.717) is 5.75 Å². The van der Waals surface area contributed by atoms with E-state index < -0.39 is 0 Å². The molecule has 1 aliphatic heterocycles. The van der Waals surface area contributed by atoms with Crippen molar-refractivity contribution < 1.29 is 9.53 Å². The number of nitrogens with one attached hydrogen (secondary N) is 1. The lowest BCUT2D eigenvalue weighted by Gasteiger charge is -2.28. The summed E-state index contributed by atoms with van der Waals surface area (Å²) in [6, 6.07) is 14.3. The van der Waals surface area contributed by atoms with Gasteiger partial charge >= 0.3 is 0 Å². The Hall–Kier alpha value is -2.77. The minimum Gasteiger partial charge on any atom is -0.378 e. The lowest BCUT2D eigenvalue weighted by atomic mass is 10.1. The molecule has 6 nitrogen and oxygen atoms in total. The third kappa shape index (κ3) is 4.86. The van der Waals surface area contributed by atoms with Gasteiger partial charge in [-0.1, -0.05) is 29.5 Å². The number of amides is 1. The van der Waals surface area contributed by atoms with Gasteiger partial charge in [0, 0.05) is 36.9 Å². The van der Waals surface area contributed by atoms with Crippen LogP contribution in [0.25, 0.3) is 5.69 Å². The molecular formula is C23H26N4O2S. The number of ether oxygens (including phenoxy) is 1. The highest BCUT2D eigenvalue weighted by atomic mass is 32.2. The molecule has 0 aliphatic carbocycles. The molecule has 0 saturated carbocycles. The number of benzene rings is 2. The van der Waals surface area contributed by atoms with Crippen molar-refractivity contribution in [3.8, 4) is 5.69 Å². The highest BCUT2D eigenvalue weighted by Crippen LogP contribution is 2.24. The molecule has 156 valence electrons. The van der Waals surface area contributed by atoms with Crippen LogP contribution >= 0.6 is 11.8 Å². The monoisotopic (exact) mass is 422 g/mol. The summed E-state index contributed by atoms with van der Waals surface area (Å²) in [4.78, 5) is 19.2. The number of rotatable bonds is 6. The van der Waals surface area contributed by atoms with Gasteiger partial charge in [-0.2, -0.15) is 0 Å². The minimum absolute atomic E-state index is 0.0469. The SMILES string of the molecule is Cc1ccc(-n2ccnc2SCC(=O)Nc2ccc(N3CCOCC3)cc2)c(C)c1. The number of thioether (sulfide) groups is 1. The van der Waals surface area contributed by atoms with Gasteiger partial charge in [0.1, 0.15) is 0 Å². The molecule has 1 aliphatic rings. The highest BCUT2D eigenvalue weighted by molar-refractivity contribution is 7.99. The summed E-state index contributed by atoms with van der Waals surface area (Å²) < 4.78 is 7.43. The quantitative estimate of drug-likeness (QED) is 0.607. The van der Waals surface area contributed by atoms with Crippen LogP contribution in [0.3, 0.4) is 0 Å². The standard InChI is InChI=1S/C23H26N4O2S/c1-17-3-8-21(18(2)15-17)27-10-9-24-23(27)30-16-22(28)25-19-4-6-20(7-5-19)26-11-13-29-14-12-26/h3-10,15H,11-14,16H2,1-2H3,(H,25,28). The van der Waals surface area contributed by atoms with Crippen molar-refractivity contribution in [2.45, 2.75) is 19.0 Å². The minimum atomic E-state index is -0.0469. The first-order valence-corrected chi connectivity index (χ1v) is 11.0. The number of carbonyl (C=O) groups is 1. The number of imidazole rings is 1. The van der Waals surface area contributed by atoms with Crippen molar-refractivity contribution in [3.05, 3.63) is 66.0 Å². The Labute approximate surface area is 181 Å². The third-order valence-corrected chi connectivity index (χ3v) is 6.05. The van der Waals surface area contributed by atoms with Gasteiger partial charge in [0.15, 0.2) is 5.16 Å². The molecule has 4 rings (SSSR count). The van der Waals surface area contributed by atoms with E-state index in [9.17, 15) is 4.79 Å². The largest absolute Gasteiger partial charge is 0.378 e. The van der Waals surface area contributed by atoms with Crippen LogP contribution in [0.1, 0.15) is 11.1 Å². The second-order valence-electron chi connectivity index (χ2n) is 7.35. The zero-order valence-electron chi connectivity index (χ0n) is 17.3. The predicted octanol–water partition coefficient (Wildman–Crippen LogP) is 4.06. The maximum Gasteiger partial charge on any atom is 0.234 e. The van der Waals surface area contributed by atoms with E-state index in [1.807, 2.05) is 35.0 Å². The molecule has 1 aromatic heterocycles. The summed E-state index contributed by atoms with van der Waals surface area (Å²) in [5.41, 5.74) is 5.44. The Morgan fingerprint density at radius 2 is 1.90 bits per heavy atom. The molecule has 3 aromatic rings. The number of anilines is 2. The fraction of sp³-hybridized carbons (Fsp3) is 0.304. The maximum absolute atomic E-state index is 12.5. The maximum atomic E-state index is 12.5. The van der Waals surface area contributed by atoms with Gasteiger partial charge in [0.2, 0.25) is 5.91 Å². The van der Waals surface area contributed by atoms with Crippen LogP contribution < -0.4 is 10.2 Å². The first-order valence-electron chi connectivity index (χ1n) is 10.1. The fourth-order valence-electron chi connectivity index (χ4n) is 3.56. The van der Waals surface area contributed by atoms with E-state index in [2.05, 4.69) is 47.2 Å². The second-order valence-corrected chi connectivity index (χ2v) is 8.30. The summed E-state index contributed by atoms with van der Waals surface area (Å²) in [5.74, 6) is 0.252. The summed E-state index contributed by atoms with van der Waals surface area (Å²) >= 11 is 1.43. The molecule has 1 amide bonds. The third-order valence-electron chi connectivity index (χ3n) is 5.08. The predicted molar refractivity (Wildman–Crippen MR) is 122 cm³/mol. The molecule has 2 aromatic carbocycles. The van der Waals surface area contributed by atoms with E-state index in [-0.39, 0.29) is 5.91 Å². The Kier molecular flexibility index (Phi) is 6.40. The van der Waals surface area contributed by atoms with Crippen LogP contribution in [0.4, 0.5) is 11.4 Å². The van der Waals surface area contributed by atoms with Crippen molar-refractivity contribution >= 4 is 29.0 Å². The van der Waals surface area contributed by atoms with Crippen molar-refractivity contribution in [1.29, 1.82) is 0 Å². The second kappa shape index (κ2) is 9.36. The van der Waals surface area contributed by atoms with E-state index in [1.165, 1.54) is 22.9 Å². The number of hydrogen-bond donors (Lipinski definition) is 1. The first kappa shape index (κ1) is 20.5. The summed E-state index contributed by atoms with van der Waals surface area (Å²) in [7, 11) is 0. The average Bonchev–Trinajstić information content (AvgIpc) is 3.22. The number of aromatic nitrogens is 2. The van der Waals surface area contributed by atoms with Crippen LogP contribution in [0.2, 0.25) is 0 Å². The topological polar surface area (TPSA) is 59.4 Å². The number of aryl methyl sites for hydroxylation is 2. The molecule has 1 fully saturated rings. The van der Waals surface area contributed by atoms with E-state index in [0.717, 1.165) is 48.5 Å². The fourth-order valence-corrected chi connectivity index (χ4v) is 4.33. The number of hydrogen-bond acceptors (Lipinski definition) is 5. The zero-order valence-corrected chi connectivity index (χ0v) is 18.1. The normalized spacial score (nSPS) is 14.0. The Balaban J connectivity index is 1.35. The molecule has 30 heavy (non-hydrogen) atoms. The Bertz CT molecular complexity index is 1010. The first-order chi connectivity index (χ1) is 14.6. The van der Waals surface area contributed by atoms with Gasteiger partial charge in [0.05, 0.1) is 24.7 Å². The summed E-state index contributed by atoms with van der Waals surface area (Å²) in [6.45, 7) is 7.48. The Morgan fingerprint density at radius 1 is 1.13 bits per heavy atom. The number of nitrogens with zero attached hydrogens (tertiary/aromatic N) is 3. The van der Waals surface area contributed by atoms with E-state index in [4.69, 9.17) is 4.74 Å². The molecular weight excluding hydrogens is 396 g/mol. The smallest absolute Gasteiger partial charge is 0.234 e. The molecule has 0 bridgehead atoms. The molecule has 0 spiro atoms. The molecule has 0 unspecified atom stereocenters. The van der Waals surface area contributed by atoms with Crippen molar-refractivity contribution in [2.75, 3.05) is 42.3 Å². The molecule has 1 saturated heterocycles. The van der Waals surface area contributed by atoms with Gasteiger partial charge in [-0.05, 0) is 49.7 Å². The van der Waals surface area contributed by atoms with Crippen LogP contribution in [0.5, 0.6) is 0 Å². The Morgan fingerprint density at radius 3 is 2.63 bits per heavy atom. The number of morpholine rings is 1. The van der Waals surface area contributed by atoms with E-state index >= 15 is 0 Å². The van der Waals surface area contributed by atoms with Gasteiger partial charge in [-0.15, -0.1) is 0 Å². The lowest BCUT2D eigenvalue weighted by molar-refractivity contribution is -0.113. The lowest BCUT2D eigenvalue weighted by Crippen LogP contribution is -2.36. The molecule has 2 heterocycles. The van der Waals surface area contributed by atoms with Gasteiger partial charge in [-0.3, -0.25) is 9.36 Å². The molecule has 0 atom stereocenters. The van der Waals surface area contributed by atoms with Gasteiger partial charge in [0.25, 0.3) is 0 Å². The average molecular weight is 423 g/mol. The zero-order chi connectivity index (χ0) is 20.9. The van der Waals surface area contributed by atoms with Crippen molar-refractivity contribution in [2.24, 2.45) is 0 Å². The van der Waals surface area contributed by atoms with Crippen LogP contribution in [-0.2, 0) is 9.53 Å². The molecule has 0 radical (unpaired) electrons. The van der Waals surface area contributed by atoms with Crippen LogP contribution in [-0.4, -0.2) is 47.5 Å². The van der Waals surface area contributed by atoms with Crippen LogP contribution in [0.15, 0.2) is 60.0 Å². The van der Waals surface area contributed by atoms with Gasteiger partial charge < -0.3 is 15.0 Å². The molecule has 7 heteroatoms. The van der Waals surface area contributed by atoms with Crippen molar-refractivity contribution in [1.82, 2.24) is 9.55 Å². The summed E-state index contributed by atoms with van der Waals surface area (Å²) in [5, 5.41) is 3.78. The van der Waals surface area contributed by atoms with Crippen LogP contribution in [0, 0.1) is 13.8 Å². The molecule has 1 N–H and O–H groups in total. The van der Waals surface area contributed by atoms with Crippen molar-refractivity contribution in [3.63, 3.8) is 0 Å². The summed E-state index contributed by atoms with van der Waals surface area (Å²) in [6.07, 6.45) is 3.70. The number of carbonyl (C=O) groups excluding carboxylic acids is 1.